The van der Waals surface area contributed by atoms with Crippen LogP contribution in [-0.2, 0) is 6.42 Å². The Morgan fingerprint density at radius 1 is 1.15 bits per heavy atom. The summed E-state index contributed by atoms with van der Waals surface area (Å²) in [5.74, 6) is 0.123. The number of hydrogen-bond acceptors (Lipinski definition) is 4. The summed E-state index contributed by atoms with van der Waals surface area (Å²) >= 11 is 0. The van der Waals surface area contributed by atoms with Gasteiger partial charge < -0.3 is 19.1 Å². The lowest BCUT2D eigenvalue weighted by molar-refractivity contribution is 0.0694. The van der Waals surface area contributed by atoms with Crippen molar-refractivity contribution in [1.82, 2.24) is 4.57 Å². The second kappa shape index (κ2) is 7.23. The van der Waals surface area contributed by atoms with Gasteiger partial charge in [-0.05, 0) is 44.4 Å². The van der Waals surface area contributed by atoms with Crippen molar-refractivity contribution in [2.45, 2.75) is 39.7 Å². The highest BCUT2D eigenvalue weighted by Gasteiger charge is 2.26. The van der Waals surface area contributed by atoms with E-state index in [1.54, 1.807) is 0 Å². The Labute approximate surface area is 152 Å². The lowest BCUT2D eigenvalue weighted by Gasteiger charge is -2.31. The monoisotopic (exact) mass is 357 g/mol. The molecule has 6 nitrogen and oxygen atoms in total. The molecule has 1 aliphatic rings. The lowest BCUT2D eigenvalue weighted by Crippen LogP contribution is -2.25. The third kappa shape index (κ3) is 3.07. The van der Waals surface area contributed by atoms with E-state index in [0.29, 0.717) is 24.7 Å². The minimum atomic E-state index is -1.20. The number of carbonyl (C=O) groups is 1. The molecule has 2 heterocycles. The van der Waals surface area contributed by atoms with Gasteiger partial charge in [0.15, 0.2) is 16.9 Å². The molecular formula is C20H23NO5. The van der Waals surface area contributed by atoms with Crippen molar-refractivity contribution >= 4 is 5.97 Å². The largest absolute Gasteiger partial charge is 0.490 e. The number of fused-ring (bicyclic) bond motifs is 3. The van der Waals surface area contributed by atoms with Crippen LogP contribution in [0.1, 0.15) is 49.2 Å². The molecule has 0 bridgehead atoms. The fourth-order valence-electron chi connectivity index (χ4n) is 3.47. The second-order valence-electron chi connectivity index (χ2n) is 6.24. The first-order valence-electron chi connectivity index (χ1n) is 8.92. The number of hydrogen-bond donors (Lipinski definition) is 1. The maximum absolute atomic E-state index is 12.3. The molecule has 1 aliphatic heterocycles. The Morgan fingerprint density at radius 3 is 2.38 bits per heavy atom. The summed E-state index contributed by atoms with van der Waals surface area (Å²) in [6, 6.07) is 5.37. The molecule has 26 heavy (non-hydrogen) atoms. The van der Waals surface area contributed by atoms with Crippen LogP contribution < -0.4 is 14.9 Å². The summed E-state index contributed by atoms with van der Waals surface area (Å²) < 4.78 is 13.3. The van der Waals surface area contributed by atoms with Crippen LogP contribution in [0.2, 0.25) is 0 Å². The summed E-state index contributed by atoms with van der Waals surface area (Å²) in [7, 11) is 0. The van der Waals surface area contributed by atoms with Crippen molar-refractivity contribution in [3.8, 4) is 22.8 Å². The van der Waals surface area contributed by atoms with E-state index in [4.69, 9.17) is 9.47 Å². The molecule has 6 heteroatoms. The first-order chi connectivity index (χ1) is 12.5. The van der Waals surface area contributed by atoms with Gasteiger partial charge in [-0.1, -0.05) is 6.92 Å². The summed E-state index contributed by atoms with van der Waals surface area (Å²) in [5, 5.41) is 9.28. The predicted octanol–water partition coefficient (Wildman–Crippen LogP) is 3.52. The average Bonchev–Trinajstić information content (AvgIpc) is 2.61. The van der Waals surface area contributed by atoms with Crippen LogP contribution in [-0.4, -0.2) is 28.9 Å². The third-order valence-electron chi connectivity index (χ3n) is 4.68. The molecule has 0 unspecified atom stereocenters. The molecule has 1 aromatic carbocycles. The zero-order valence-electron chi connectivity index (χ0n) is 15.2. The number of nitrogens with zero attached hydrogens (tertiary/aromatic N) is 1. The van der Waals surface area contributed by atoms with Crippen molar-refractivity contribution in [2.75, 3.05) is 13.2 Å². The Balaban J connectivity index is 2.24. The fraction of sp³-hybridized carbons (Fsp3) is 0.400. The quantitative estimate of drug-likeness (QED) is 0.856. The first-order valence-corrected chi connectivity index (χ1v) is 8.92. The Bertz CT molecular complexity index is 900. The topological polar surface area (TPSA) is 77.8 Å². The van der Waals surface area contributed by atoms with Crippen LogP contribution in [0.4, 0.5) is 0 Å². The minimum Gasteiger partial charge on any atom is -0.490 e. The summed E-state index contributed by atoms with van der Waals surface area (Å²) in [5.41, 5.74) is 1.99. The predicted molar refractivity (Wildman–Crippen MR) is 98.5 cm³/mol. The summed E-state index contributed by atoms with van der Waals surface area (Å²) in [6.45, 7) is 6.91. The summed E-state index contributed by atoms with van der Waals surface area (Å²) in [6.07, 6.45) is 3.03. The van der Waals surface area contributed by atoms with E-state index in [-0.39, 0.29) is 11.6 Å². The van der Waals surface area contributed by atoms with Gasteiger partial charge in [0.25, 0.3) is 0 Å². The number of benzene rings is 1. The van der Waals surface area contributed by atoms with Crippen LogP contribution in [0.5, 0.6) is 11.5 Å². The molecular weight excluding hydrogens is 334 g/mol. The van der Waals surface area contributed by atoms with Crippen molar-refractivity contribution < 1.29 is 19.4 Å². The minimum absolute atomic E-state index is 0.0867. The van der Waals surface area contributed by atoms with Crippen molar-refractivity contribution in [3.63, 3.8) is 0 Å². The smallest absolute Gasteiger partial charge is 0.341 e. The van der Waals surface area contributed by atoms with Gasteiger partial charge in [0.05, 0.1) is 18.9 Å². The summed E-state index contributed by atoms with van der Waals surface area (Å²) in [4.78, 5) is 23.6. The van der Waals surface area contributed by atoms with Crippen LogP contribution in [0.25, 0.3) is 11.3 Å². The van der Waals surface area contributed by atoms with Crippen LogP contribution in [0, 0.1) is 0 Å². The number of carboxylic acid groups (broad SMARTS) is 1. The van der Waals surface area contributed by atoms with Crippen LogP contribution >= 0.6 is 0 Å². The van der Waals surface area contributed by atoms with E-state index in [1.165, 1.54) is 12.3 Å². The van der Waals surface area contributed by atoms with E-state index in [0.717, 1.165) is 29.7 Å². The van der Waals surface area contributed by atoms with Gasteiger partial charge in [0, 0.05) is 23.9 Å². The molecule has 2 aromatic rings. The molecule has 1 atom stereocenters. The highest BCUT2D eigenvalue weighted by atomic mass is 16.5. The first kappa shape index (κ1) is 18.0. The number of aromatic carboxylic acids is 1. The molecule has 0 saturated carbocycles. The zero-order chi connectivity index (χ0) is 18.8. The maximum Gasteiger partial charge on any atom is 0.341 e. The van der Waals surface area contributed by atoms with Gasteiger partial charge >= 0.3 is 5.97 Å². The Hall–Kier alpha value is -2.76. The standard InChI is InChI=1S/C20H23NO5/c1-4-13-7-12-8-18(25-5-2)19(26-6-3)9-14(12)16-10-17(22)15(20(23)24)11-21(13)16/h8-11,13H,4-7H2,1-3H3,(H,23,24)/t13-/m0/s1. The van der Waals surface area contributed by atoms with Gasteiger partial charge in [-0.25, -0.2) is 4.79 Å². The van der Waals surface area contributed by atoms with Crippen LogP contribution in [0.3, 0.4) is 0 Å². The molecule has 0 saturated heterocycles. The van der Waals surface area contributed by atoms with E-state index in [1.807, 2.05) is 30.5 Å². The van der Waals surface area contributed by atoms with Gasteiger partial charge in [-0.2, -0.15) is 0 Å². The molecule has 0 amide bonds. The van der Waals surface area contributed by atoms with Crippen LogP contribution in [0.15, 0.2) is 29.2 Å². The number of aromatic nitrogens is 1. The molecule has 1 aromatic heterocycles. The van der Waals surface area contributed by atoms with E-state index < -0.39 is 11.4 Å². The van der Waals surface area contributed by atoms with Gasteiger partial charge in [-0.15, -0.1) is 0 Å². The molecule has 0 radical (unpaired) electrons. The highest BCUT2D eigenvalue weighted by Crippen LogP contribution is 2.41. The molecule has 138 valence electrons. The average molecular weight is 357 g/mol. The third-order valence-corrected chi connectivity index (χ3v) is 4.68. The van der Waals surface area contributed by atoms with Crippen molar-refractivity contribution in [2.24, 2.45) is 0 Å². The number of rotatable bonds is 6. The molecule has 0 fully saturated rings. The number of ether oxygens (including phenoxy) is 2. The zero-order valence-corrected chi connectivity index (χ0v) is 15.2. The Morgan fingerprint density at radius 2 is 1.81 bits per heavy atom. The molecule has 1 N–H and O–H groups in total. The van der Waals surface area contributed by atoms with E-state index in [9.17, 15) is 14.7 Å². The van der Waals surface area contributed by atoms with E-state index >= 15 is 0 Å². The normalized spacial score (nSPS) is 15.1. The molecule has 3 rings (SSSR count). The fourth-order valence-corrected chi connectivity index (χ4v) is 3.47. The highest BCUT2D eigenvalue weighted by molar-refractivity contribution is 5.87. The van der Waals surface area contributed by atoms with Gasteiger partial charge in [-0.3, -0.25) is 4.79 Å². The van der Waals surface area contributed by atoms with E-state index in [2.05, 4.69) is 6.92 Å². The SMILES string of the molecule is CCOc1cc2c(cc1OCC)-c1cc(=O)c(C(=O)O)cn1[C@@H](CC)C2. The molecule has 0 spiro atoms. The lowest BCUT2D eigenvalue weighted by atomic mass is 9.90. The maximum atomic E-state index is 12.3. The van der Waals surface area contributed by atoms with Crippen molar-refractivity contribution in [1.29, 1.82) is 0 Å². The van der Waals surface area contributed by atoms with Gasteiger partial charge in [0.1, 0.15) is 5.56 Å². The number of pyridine rings is 1. The second-order valence-corrected chi connectivity index (χ2v) is 6.24. The number of carboxylic acids is 1. The Kier molecular flexibility index (Phi) is 5.02. The van der Waals surface area contributed by atoms with Gasteiger partial charge in [0.2, 0.25) is 0 Å². The molecule has 0 aliphatic carbocycles. The van der Waals surface area contributed by atoms with Crippen molar-refractivity contribution in [3.05, 3.63) is 45.7 Å².